The van der Waals surface area contributed by atoms with Crippen molar-refractivity contribution >= 4 is 29.4 Å². The van der Waals surface area contributed by atoms with E-state index in [-0.39, 0.29) is 18.8 Å². The van der Waals surface area contributed by atoms with Crippen LogP contribution >= 0.6 is 11.6 Å². The van der Waals surface area contributed by atoms with Gasteiger partial charge in [0.05, 0.1) is 12.3 Å². The standard InChI is InChI=1S/C29H28ClNO7/c1-17(31-27(32)14-22(29(35)36)15-28(33)34)24(12-18-2-9-23(30)10-3-18)20-6-4-19(5-7-20)21-8-11-25-26(13-21)38-16-37-25/h2-11,13,17,22,24H,12,14-16H2,1H3,(H,31,32)(H,33,34)(H,35,36). The largest absolute Gasteiger partial charge is 0.481 e. The third-order valence-corrected chi connectivity index (χ3v) is 6.86. The number of rotatable bonds is 11. The van der Waals surface area contributed by atoms with Gasteiger partial charge in [0.15, 0.2) is 11.5 Å². The molecule has 198 valence electrons. The molecule has 3 N–H and O–H groups in total. The zero-order valence-corrected chi connectivity index (χ0v) is 21.5. The molecule has 0 saturated heterocycles. The Morgan fingerprint density at radius 2 is 1.55 bits per heavy atom. The second-order valence-corrected chi connectivity index (χ2v) is 9.76. The first-order chi connectivity index (χ1) is 18.2. The number of ether oxygens (including phenoxy) is 2. The fourth-order valence-electron chi connectivity index (χ4n) is 4.55. The molecule has 4 rings (SSSR count). The minimum absolute atomic E-state index is 0.145. The van der Waals surface area contributed by atoms with Crippen molar-refractivity contribution in [2.24, 2.45) is 5.92 Å². The highest BCUT2D eigenvalue weighted by Crippen LogP contribution is 2.36. The van der Waals surface area contributed by atoms with Crippen LogP contribution in [0.25, 0.3) is 11.1 Å². The number of carboxylic acids is 2. The van der Waals surface area contributed by atoms with Crippen LogP contribution in [0.1, 0.15) is 36.8 Å². The summed E-state index contributed by atoms with van der Waals surface area (Å²) in [5.74, 6) is -3.11. The Morgan fingerprint density at radius 3 is 2.21 bits per heavy atom. The molecule has 0 bridgehead atoms. The molecule has 0 saturated carbocycles. The fourth-order valence-corrected chi connectivity index (χ4v) is 4.68. The minimum Gasteiger partial charge on any atom is -0.481 e. The Labute approximate surface area is 225 Å². The monoisotopic (exact) mass is 537 g/mol. The summed E-state index contributed by atoms with van der Waals surface area (Å²) in [5, 5.41) is 21.8. The molecule has 0 radical (unpaired) electrons. The highest BCUT2D eigenvalue weighted by molar-refractivity contribution is 6.30. The van der Waals surface area contributed by atoms with E-state index < -0.39 is 36.6 Å². The normalized spacial score (nSPS) is 14.4. The van der Waals surface area contributed by atoms with Crippen LogP contribution in [-0.4, -0.2) is 40.9 Å². The Bertz CT molecular complexity index is 1310. The molecule has 0 fully saturated rings. The number of amides is 1. The van der Waals surface area contributed by atoms with Crippen molar-refractivity contribution in [3.63, 3.8) is 0 Å². The maximum absolute atomic E-state index is 12.7. The summed E-state index contributed by atoms with van der Waals surface area (Å²) >= 11 is 6.05. The number of carbonyl (C=O) groups is 3. The van der Waals surface area contributed by atoms with Gasteiger partial charge in [-0.3, -0.25) is 14.4 Å². The number of benzene rings is 3. The summed E-state index contributed by atoms with van der Waals surface area (Å²) in [6, 6.07) is 20.9. The predicted octanol–water partition coefficient (Wildman–Crippen LogP) is 5.13. The summed E-state index contributed by atoms with van der Waals surface area (Å²) in [6.07, 6.45) is -0.436. The third-order valence-electron chi connectivity index (χ3n) is 6.61. The third kappa shape index (κ3) is 6.83. The van der Waals surface area contributed by atoms with Crippen LogP contribution in [0.5, 0.6) is 11.5 Å². The Morgan fingerprint density at radius 1 is 0.895 bits per heavy atom. The van der Waals surface area contributed by atoms with Crippen LogP contribution < -0.4 is 14.8 Å². The molecular weight excluding hydrogens is 510 g/mol. The van der Waals surface area contributed by atoms with Crippen molar-refractivity contribution in [3.05, 3.63) is 82.9 Å². The summed E-state index contributed by atoms with van der Waals surface area (Å²) in [4.78, 5) is 35.1. The van der Waals surface area contributed by atoms with Crippen molar-refractivity contribution in [1.82, 2.24) is 5.32 Å². The maximum Gasteiger partial charge on any atom is 0.307 e. The van der Waals surface area contributed by atoms with Crippen LogP contribution in [-0.2, 0) is 20.8 Å². The Kier molecular flexibility index (Phi) is 8.53. The number of carbonyl (C=O) groups excluding carboxylic acids is 1. The van der Waals surface area contributed by atoms with Crippen molar-refractivity contribution in [2.45, 2.75) is 38.1 Å². The summed E-state index contributed by atoms with van der Waals surface area (Å²) in [6.45, 7) is 2.06. The molecule has 1 aliphatic heterocycles. The zero-order chi connectivity index (χ0) is 27.2. The molecule has 1 heterocycles. The van der Waals surface area contributed by atoms with Crippen molar-refractivity contribution in [2.75, 3.05) is 6.79 Å². The molecule has 3 aromatic rings. The van der Waals surface area contributed by atoms with E-state index in [0.29, 0.717) is 22.9 Å². The number of nitrogens with one attached hydrogen (secondary N) is 1. The lowest BCUT2D eigenvalue weighted by Gasteiger charge is -2.26. The van der Waals surface area contributed by atoms with E-state index in [2.05, 4.69) is 5.32 Å². The van der Waals surface area contributed by atoms with Crippen LogP contribution in [0, 0.1) is 5.92 Å². The van der Waals surface area contributed by atoms with E-state index in [4.69, 9.17) is 26.2 Å². The van der Waals surface area contributed by atoms with Crippen molar-refractivity contribution in [1.29, 1.82) is 0 Å². The van der Waals surface area contributed by atoms with E-state index in [0.717, 1.165) is 22.3 Å². The first-order valence-corrected chi connectivity index (χ1v) is 12.6. The van der Waals surface area contributed by atoms with Gasteiger partial charge in [0.2, 0.25) is 12.7 Å². The molecular formula is C29H28ClNO7. The van der Waals surface area contributed by atoms with Gasteiger partial charge < -0.3 is 25.0 Å². The van der Waals surface area contributed by atoms with E-state index >= 15 is 0 Å². The number of carboxylic acid groups (broad SMARTS) is 2. The van der Waals surface area contributed by atoms with Gasteiger partial charge >= 0.3 is 11.9 Å². The second kappa shape index (κ2) is 12.0. The topological polar surface area (TPSA) is 122 Å². The number of hydrogen-bond acceptors (Lipinski definition) is 5. The lowest BCUT2D eigenvalue weighted by atomic mass is 9.85. The average molecular weight is 538 g/mol. The molecule has 8 nitrogen and oxygen atoms in total. The van der Waals surface area contributed by atoms with Gasteiger partial charge in [-0.2, -0.15) is 0 Å². The Hall–Kier alpha value is -4.04. The number of halogens is 1. The van der Waals surface area contributed by atoms with Gasteiger partial charge in [0.1, 0.15) is 0 Å². The van der Waals surface area contributed by atoms with Crippen molar-refractivity contribution in [3.8, 4) is 22.6 Å². The summed E-state index contributed by atoms with van der Waals surface area (Å²) in [5.41, 5.74) is 3.98. The van der Waals surface area contributed by atoms with Gasteiger partial charge in [-0.15, -0.1) is 0 Å². The lowest BCUT2D eigenvalue weighted by Crippen LogP contribution is -2.39. The smallest absolute Gasteiger partial charge is 0.307 e. The molecule has 0 aromatic heterocycles. The molecule has 3 aromatic carbocycles. The Balaban J connectivity index is 1.54. The first-order valence-electron chi connectivity index (χ1n) is 12.2. The van der Waals surface area contributed by atoms with Gasteiger partial charge in [-0.1, -0.05) is 54.1 Å². The zero-order valence-electron chi connectivity index (χ0n) is 20.7. The summed E-state index contributed by atoms with van der Waals surface area (Å²) in [7, 11) is 0. The molecule has 9 heteroatoms. The van der Waals surface area contributed by atoms with E-state index in [9.17, 15) is 19.5 Å². The maximum atomic E-state index is 12.7. The molecule has 38 heavy (non-hydrogen) atoms. The fraction of sp³-hybridized carbons (Fsp3) is 0.276. The SMILES string of the molecule is CC(NC(=O)CC(CC(=O)O)C(=O)O)C(Cc1ccc(Cl)cc1)c1ccc(-c2ccc3c(c2)OCO3)cc1. The number of hydrogen-bond donors (Lipinski definition) is 3. The van der Waals surface area contributed by atoms with Gasteiger partial charge in [-0.25, -0.2) is 0 Å². The van der Waals surface area contributed by atoms with E-state index in [1.165, 1.54) is 0 Å². The van der Waals surface area contributed by atoms with Gasteiger partial charge in [-0.05, 0) is 59.9 Å². The highest BCUT2D eigenvalue weighted by Gasteiger charge is 2.27. The molecule has 3 unspecified atom stereocenters. The van der Waals surface area contributed by atoms with Crippen molar-refractivity contribution < 1.29 is 34.1 Å². The first kappa shape index (κ1) is 27.0. The van der Waals surface area contributed by atoms with E-state index in [1.807, 2.05) is 73.7 Å². The lowest BCUT2D eigenvalue weighted by molar-refractivity contribution is -0.149. The number of aliphatic carboxylic acids is 2. The van der Waals surface area contributed by atoms with Crippen LogP contribution in [0.15, 0.2) is 66.7 Å². The second-order valence-electron chi connectivity index (χ2n) is 9.32. The molecule has 3 atom stereocenters. The molecule has 1 aliphatic rings. The minimum atomic E-state index is -1.31. The molecule has 0 aliphatic carbocycles. The predicted molar refractivity (Wildman–Crippen MR) is 141 cm³/mol. The van der Waals surface area contributed by atoms with Gasteiger partial charge in [0, 0.05) is 23.4 Å². The highest BCUT2D eigenvalue weighted by atomic mass is 35.5. The van der Waals surface area contributed by atoms with Crippen LogP contribution in [0.2, 0.25) is 5.02 Å². The van der Waals surface area contributed by atoms with E-state index in [1.54, 1.807) is 0 Å². The average Bonchev–Trinajstić information content (AvgIpc) is 3.36. The number of fused-ring (bicyclic) bond motifs is 1. The molecule has 0 spiro atoms. The summed E-state index contributed by atoms with van der Waals surface area (Å²) < 4.78 is 10.9. The van der Waals surface area contributed by atoms with Crippen LogP contribution in [0.4, 0.5) is 0 Å². The molecule has 1 amide bonds. The van der Waals surface area contributed by atoms with Gasteiger partial charge in [0.25, 0.3) is 0 Å². The van der Waals surface area contributed by atoms with Crippen LogP contribution in [0.3, 0.4) is 0 Å². The quantitative estimate of drug-likeness (QED) is 0.310.